The molecule has 1 aliphatic rings. The summed E-state index contributed by atoms with van der Waals surface area (Å²) in [5, 5.41) is 0. The summed E-state index contributed by atoms with van der Waals surface area (Å²) in [6, 6.07) is 7.61. The molecule has 2 aromatic rings. The van der Waals surface area contributed by atoms with Crippen LogP contribution in [0.25, 0.3) is 11.3 Å². The lowest BCUT2D eigenvalue weighted by molar-refractivity contribution is 0.0999. The van der Waals surface area contributed by atoms with Gasteiger partial charge in [0.1, 0.15) is 11.5 Å². The molecule has 1 aromatic heterocycles. The van der Waals surface area contributed by atoms with Gasteiger partial charge in [-0.25, -0.2) is 0 Å². The third-order valence-electron chi connectivity index (χ3n) is 5.98. The Labute approximate surface area is 181 Å². The SMILES string of the molecule is CCCC.COc1ccc(OC)c(-c2cc(C(N)=O)c(C)n2CC2CCCCC2)c1. The van der Waals surface area contributed by atoms with Gasteiger partial charge in [-0.2, -0.15) is 0 Å². The van der Waals surface area contributed by atoms with Crippen LogP contribution in [0, 0.1) is 12.8 Å². The molecule has 0 spiro atoms. The minimum absolute atomic E-state index is 0.395. The van der Waals surface area contributed by atoms with Crippen molar-refractivity contribution in [1.29, 1.82) is 0 Å². The van der Waals surface area contributed by atoms with Crippen molar-refractivity contribution >= 4 is 5.91 Å². The Morgan fingerprint density at radius 3 is 2.27 bits per heavy atom. The van der Waals surface area contributed by atoms with Crippen LogP contribution in [-0.2, 0) is 6.54 Å². The van der Waals surface area contributed by atoms with E-state index in [-0.39, 0.29) is 0 Å². The average Bonchev–Trinajstić information content (AvgIpc) is 3.10. The van der Waals surface area contributed by atoms with Crippen LogP contribution in [0.2, 0.25) is 0 Å². The van der Waals surface area contributed by atoms with Gasteiger partial charge in [0.05, 0.1) is 25.5 Å². The molecule has 5 nitrogen and oxygen atoms in total. The van der Waals surface area contributed by atoms with E-state index < -0.39 is 5.91 Å². The molecule has 1 saturated carbocycles. The maximum absolute atomic E-state index is 11.9. The predicted octanol–water partition coefficient (Wildman–Crippen LogP) is 5.97. The first-order chi connectivity index (χ1) is 14.5. The first kappa shape index (κ1) is 23.8. The van der Waals surface area contributed by atoms with E-state index in [1.54, 1.807) is 14.2 Å². The Morgan fingerprint density at radius 1 is 1.07 bits per heavy atom. The Bertz CT molecular complexity index is 818. The Kier molecular flexibility index (Phi) is 9.28. The van der Waals surface area contributed by atoms with Crippen LogP contribution >= 0.6 is 0 Å². The molecule has 0 radical (unpaired) electrons. The third kappa shape index (κ3) is 5.80. The molecule has 3 rings (SSSR count). The van der Waals surface area contributed by atoms with Crippen LogP contribution in [0.5, 0.6) is 11.5 Å². The third-order valence-corrected chi connectivity index (χ3v) is 5.98. The molecule has 0 atom stereocenters. The number of methoxy groups -OCH3 is 2. The lowest BCUT2D eigenvalue weighted by Gasteiger charge is -2.24. The van der Waals surface area contributed by atoms with Gasteiger partial charge in [-0.15, -0.1) is 0 Å². The molecular formula is C25H38N2O3. The molecule has 1 aliphatic carbocycles. The monoisotopic (exact) mass is 414 g/mol. The maximum atomic E-state index is 11.9. The Hall–Kier alpha value is -2.43. The van der Waals surface area contributed by atoms with E-state index in [0.29, 0.717) is 11.5 Å². The molecule has 1 amide bonds. The van der Waals surface area contributed by atoms with Crippen LogP contribution < -0.4 is 15.2 Å². The van der Waals surface area contributed by atoms with Crippen LogP contribution in [0.1, 0.15) is 74.8 Å². The van der Waals surface area contributed by atoms with Crippen LogP contribution in [-0.4, -0.2) is 24.7 Å². The number of hydrogen-bond acceptors (Lipinski definition) is 3. The van der Waals surface area contributed by atoms with Crippen molar-refractivity contribution in [1.82, 2.24) is 4.57 Å². The molecule has 0 unspecified atom stereocenters. The van der Waals surface area contributed by atoms with E-state index >= 15 is 0 Å². The van der Waals surface area contributed by atoms with Crippen molar-refractivity contribution in [3.05, 3.63) is 35.5 Å². The van der Waals surface area contributed by atoms with Gasteiger partial charge in [0.25, 0.3) is 5.91 Å². The van der Waals surface area contributed by atoms with Gasteiger partial charge in [0.15, 0.2) is 0 Å². The highest BCUT2D eigenvalue weighted by Crippen LogP contribution is 2.37. The number of nitrogens with zero attached hydrogens (tertiary/aromatic N) is 1. The zero-order chi connectivity index (χ0) is 22.1. The van der Waals surface area contributed by atoms with E-state index in [0.717, 1.165) is 35.0 Å². The first-order valence-electron chi connectivity index (χ1n) is 11.2. The van der Waals surface area contributed by atoms with Crippen molar-refractivity contribution in [3.8, 4) is 22.8 Å². The number of primary amides is 1. The average molecular weight is 415 g/mol. The molecule has 1 fully saturated rings. The minimum atomic E-state index is -0.395. The second kappa shape index (κ2) is 11.7. The fourth-order valence-corrected chi connectivity index (χ4v) is 4.00. The largest absolute Gasteiger partial charge is 0.497 e. The number of benzene rings is 1. The lowest BCUT2D eigenvalue weighted by Crippen LogP contribution is -2.17. The van der Waals surface area contributed by atoms with E-state index in [1.165, 1.54) is 44.9 Å². The van der Waals surface area contributed by atoms with Crippen molar-refractivity contribution < 1.29 is 14.3 Å². The predicted molar refractivity (Wildman–Crippen MR) is 123 cm³/mol. The molecule has 166 valence electrons. The van der Waals surface area contributed by atoms with Crippen LogP contribution in [0.15, 0.2) is 24.3 Å². The zero-order valence-electron chi connectivity index (χ0n) is 19.3. The number of unbranched alkanes of at least 4 members (excludes halogenated alkanes) is 1. The number of rotatable bonds is 7. The molecule has 0 saturated heterocycles. The van der Waals surface area contributed by atoms with Crippen LogP contribution in [0.4, 0.5) is 0 Å². The molecule has 5 heteroatoms. The quantitative estimate of drug-likeness (QED) is 0.607. The highest BCUT2D eigenvalue weighted by atomic mass is 16.5. The number of ether oxygens (including phenoxy) is 2. The number of amides is 1. The summed E-state index contributed by atoms with van der Waals surface area (Å²) in [6.45, 7) is 7.23. The topological polar surface area (TPSA) is 66.5 Å². The van der Waals surface area contributed by atoms with Gasteiger partial charge in [0, 0.05) is 17.8 Å². The van der Waals surface area contributed by atoms with E-state index in [2.05, 4.69) is 18.4 Å². The summed E-state index contributed by atoms with van der Waals surface area (Å²) < 4.78 is 13.2. The molecule has 0 bridgehead atoms. The lowest BCUT2D eigenvalue weighted by atomic mass is 9.89. The molecule has 30 heavy (non-hydrogen) atoms. The highest BCUT2D eigenvalue weighted by molar-refractivity contribution is 5.96. The van der Waals surface area contributed by atoms with Gasteiger partial charge in [-0.3, -0.25) is 4.79 Å². The summed E-state index contributed by atoms with van der Waals surface area (Å²) in [5.74, 6) is 1.74. The molecule has 1 heterocycles. The summed E-state index contributed by atoms with van der Waals surface area (Å²) in [7, 11) is 3.30. The van der Waals surface area contributed by atoms with Crippen LogP contribution in [0.3, 0.4) is 0 Å². The number of carbonyl (C=O) groups is 1. The van der Waals surface area contributed by atoms with Crippen molar-refractivity contribution in [3.63, 3.8) is 0 Å². The van der Waals surface area contributed by atoms with E-state index in [9.17, 15) is 4.79 Å². The number of carbonyl (C=O) groups excluding carboxylic acids is 1. The summed E-state index contributed by atoms with van der Waals surface area (Å²) in [5.41, 5.74) is 8.99. The molecular weight excluding hydrogens is 376 g/mol. The molecule has 1 aromatic carbocycles. The number of aromatic nitrogens is 1. The van der Waals surface area contributed by atoms with Gasteiger partial charge < -0.3 is 19.8 Å². The summed E-state index contributed by atoms with van der Waals surface area (Å²) in [4.78, 5) is 11.9. The number of nitrogens with two attached hydrogens (primary N) is 1. The zero-order valence-corrected chi connectivity index (χ0v) is 19.3. The van der Waals surface area contributed by atoms with Gasteiger partial charge in [-0.05, 0) is 49.9 Å². The van der Waals surface area contributed by atoms with E-state index in [1.807, 2.05) is 31.2 Å². The standard InChI is InChI=1S/C21H28N2O3.C4H10/c1-14-17(21(22)24)12-19(23(14)13-15-7-5-4-6-8-15)18-11-16(25-2)9-10-20(18)26-3;1-3-4-2/h9-12,15H,4-8,13H2,1-3H3,(H2,22,24);3-4H2,1-2H3. The van der Waals surface area contributed by atoms with Crippen molar-refractivity contribution in [2.45, 2.75) is 72.3 Å². The second-order valence-electron chi connectivity index (χ2n) is 8.07. The normalized spacial score (nSPS) is 14.0. The van der Waals surface area contributed by atoms with Gasteiger partial charge in [0.2, 0.25) is 0 Å². The second-order valence-corrected chi connectivity index (χ2v) is 8.07. The molecule has 2 N–H and O–H groups in total. The van der Waals surface area contributed by atoms with Crippen molar-refractivity contribution in [2.75, 3.05) is 14.2 Å². The number of hydrogen-bond donors (Lipinski definition) is 1. The fourth-order valence-electron chi connectivity index (χ4n) is 4.00. The minimum Gasteiger partial charge on any atom is -0.497 e. The van der Waals surface area contributed by atoms with Crippen molar-refractivity contribution in [2.24, 2.45) is 11.7 Å². The highest BCUT2D eigenvalue weighted by Gasteiger charge is 2.22. The van der Waals surface area contributed by atoms with Gasteiger partial charge >= 0.3 is 0 Å². The summed E-state index contributed by atoms with van der Waals surface area (Å²) >= 11 is 0. The van der Waals surface area contributed by atoms with E-state index in [4.69, 9.17) is 15.2 Å². The first-order valence-corrected chi connectivity index (χ1v) is 11.2. The summed E-state index contributed by atoms with van der Waals surface area (Å²) in [6.07, 6.45) is 9.00. The fraction of sp³-hybridized carbons (Fsp3) is 0.560. The maximum Gasteiger partial charge on any atom is 0.250 e. The smallest absolute Gasteiger partial charge is 0.250 e. The Morgan fingerprint density at radius 2 is 1.73 bits per heavy atom. The van der Waals surface area contributed by atoms with Gasteiger partial charge in [-0.1, -0.05) is 46.0 Å². The Balaban J connectivity index is 0.000000735. The molecule has 0 aliphatic heterocycles.